The van der Waals surface area contributed by atoms with Crippen molar-refractivity contribution in [1.29, 1.82) is 5.26 Å². The van der Waals surface area contributed by atoms with E-state index in [4.69, 9.17) is 10.4 Å². The van der Waals surface area contributed by atoms with Crippen LogP contribution in [0.2, 0.25) is 0 Å². The zero-order valence-corrected chi connectivity index (χ0v) is 8.10. The summed E-state index contributed by atoms with van der Waals surface area (Å²) < 4.78 is 0. The van der Waals surface area contributed by atoms with E-state index >= 15 is 0 Å². The Bertz CT molecular complexity index is 486. The Morgan fingerprint density at radius 3 is 2.69 bits per heavy atom. The highest BCUT2D eigenvalue weighted by molar-refractivity contribution is 5.97. The molecule has 0 saturated carbocycles. The van der Waals surface area contributed by atoms with E-state index in [1.807, 2.05) is 0 Å². The van der Waals surface area contributed by atoms with Crippen molar-refractivity contribution < 1.29 is 14.7 Å². The van der Waals surface area contributed by atoms with E-state index in [1.165, 1.54) is 24.3 Å². The minimum atomic E-state index is -1.11. The highest BCUT2D eigenvalue weighted by Gasteiger charge is 2.07. The minimum Gasteiger partial charge on any atom is -0.478 e. The molecule has 0 aliphatic heterocycles. The van der Waals surface area contributed by atoms with E-state index in [0.717, 1.165) is 6.08 Å². The van der Waals surface area contributed by atoms with E-state index in [2.05, 4.69) is 11.5 Å². The molecule has 0 aliphatic rings. The summed E-state index contributed by atoms with van der Waals surface area (Å²) >= 11 is 0. The Kier molecular flexibility index (Phi) is 3.81. The summed E-state index contributed by atoms with van der Waals surface area (Å²) in [5, 5.41) is 19.1. The molecular formula is C11H7N2O3. The number of nitriles is 1. The standard InChI is InChI=1S/C11H7N2O3/c12-5-2-6-13-10(14)8-3-1-4-9(7-8)11(15)16/h1-4,7H,(H,13,14)(H,15,16). The van der Waals surface area contributed by atoms with E-state index in [0.29, 0.717) is 0 Å². The van der Waals surface area contributed by atoms with Crippen molar-refractivity contribution in [3.8, 4) is 6.07 Å². The number of nitrogens with one attached hydrogen (secondary N) is 1. The maximum Gasteiger partial charge on any atom is 0.335 e. The third kappa shape index (κ3) is 2.96. The average molecular weight is 215 g/mol. The number of hydrogen-bond donors (Lipinski definition) is 2. The van der Waals surface area contributed by atoms with Gasteiger partial charge in [0.2, 0.25) is 0 Å². The molecule has 0 fully saturated rings. The van der Waals surface area contributed by atoms with Crippen LogP contribution in [-0.4, -0.2) is 17.0 Å². The van der Waals surface area contributed by atoms with Gasteiger partial charge >= 0.3 is 5.97 Å². The summed E-state index contributed by atoms with van der Waals surface area (Å²) in [6, 6.07) is 7.22. The van der Waals surface area contributed by atoms with E-state index in [1.54, 1.807) is 6.07 Å². The van der Waals surface area contributed by atoms with Crippen LogP contribution in [0, 0.1) is 17.5 Å². The maximum absolute atomic E-state index is 11.4. The van der Waals surface area contributed by atoms with Gasteiger partial charge in [0, 0.05) is 11.6 Å². The summed E-state index contributed by atoms with van der Waals surface area (Å²) in [6.07, 6.45) is 3.23. The molecule has 16 heavy (non-hydrogen) atoms. The number of allylic oxidation sites excluding steroid dienone is 1. The lowest BCUT2D eigenvalue weighted by Gasteiger charge is -2.00. The normalized spacial score (nSPS) is 9.69. The molecule has 0 bridgehead atoms. The van der Waals surface area contributed by atoms with Gasteiger partial charge in [0.25, 0.3) is 5.91 Å². The third-order valence-corrected chi connectivity index (χ3v) is 1.69. The molecule has 1 amide bonds. The van der Waals surface area contributed by atoms with E-state index in [9.17, 15) is 9.59 Å². The predicted octanol–water partition coefficient (Wildman–Crippen LogP) is 0.955. The monoisotopic (exact) mass is 215 g/mol. The Morgan fingerprint density at radius 1 is 1.38 bits per heavy atom. The molecule has 0 atom stereocenters. The quantitative estimate of drug-likeness (QED) is 0.580. The van der Waals surface area contributed by atoms with Gasteiger partial charge in [-0.05, 0) is 18.2 Å². The van der Waals surface area contributed by atoms with Gasteiger partial charge in [-0.2, -0.15) is 5.26 Å². The first kappa shape index (κ1) is 11.5. The molecular weight excluding hydrogens is 208 g/mol. The molecule has 5 nitrogen and oxygen atoms in total. The summed E-state index contributed by atoms with van der Waals surface area (Å²) in [5.41, 5.74) is 0.218. The summed E-state index contributed by atoms with van der Waals surface area (Å²) in [6.45, 7) is 0. The van der Waals surface area contributed by atoms with Crippen LogP contribution in [-0.2, 0) is 0 Å². The first-order valence-electron chi connectivity index (χ1n) is 4.25. The van der Waals surface area contributed by atoms with Crippen LogP contribution < -0.4 is 5.32 Å². The number of hydrogen-bond acceptors (Lipinski definition) is 3. The van der Waals surface area contributed by atoms with Gasteiger partial charge in [0.1, 0.15) is 0 Å². The first-order chi connectivity index (χ1) is 7.65. The van der Waals surface area contributed by atoms with Crippen LogP contribution in [0.1, 0.15) is 20.7 Å². The smallest absolute Gasteiger partial charge is 0.335 e. The van der Waals surface area contributed by atoms with Crippen LogP contribution in [0.4, 0.5) is 0 Å². The lowest BCUT2D eigenvalue weighted by Crippen LogP contribution is -2.18. The van der Waals surface area contributed by atoms with Gasteiger partial charge in [-0.3, -0.25) is 4.79 Å². The molecule has 5 heteroatoms. The molecule has 1 radical (unpaired) electrons. The van der Waals surface area contributed by atoms with Crippen LogP contribution in [0.15, 0.2) is 30.3 Å². The van der Waals surface area contributed by atoms with Crippen LogP contribution >= 0.6 is 0 Å². The molecule has 0 aromatic heterocycles. The average Bonchev–Trinajstić information content (AvgIpc) is 2.29. The Morgan fingerprint density at radius 2 is 2.06 bits per heavy atom. The van der Waals surface area contributed by atoms with E-state index in [-0.39, 0.29) is 11.1 Å². The van der Waals surface area contributed by atoms with Crippen molar-refractivity contribution >= 4 is 11.9 Å². The fourth-order valence-electron chi connectivity index (χ4n) is 1.000. The molecule has 0 saturated heterocycles. The Hall–Kier alpha value is -2.61. The maximum atomic E-state index is 11.4. The third-order valence-electron chi connectivity index (χ3n) is 1.69. The molecule has 79 valence electrons. The Balaban J connectivity index is 2.84. The second kappa shape index (κ2) is 5.32. The number of aromatic carboxylic acids is 1. The molecule has 0 unspecified atom stereocenters. The van der Waals surface area contributed by atoms with Gasteiger partial charge in [-0.15, -0.1) is 0 Å². The molecule has 1 rings (SSSR count). The van der Waals surface area contributed by atoms with Crippen molar-refractivity contribution in [2.45, 2.75) is 0 Å². The topological polar surface area (TPSA) is 90.2 Å². The van der Waals surface area contributed by atoms with Gasteiger partial charge < -0.3 is 10.4 Å². The summed E-state index contributed by atoms with van der Waals surface area (Å²) in [5.74, 6) is -1.62. The number of rotatable bonds is 3. The number of amides is 1. The van der Waals surface area contributed by atoms with Gasteiger partial charge in [0.15, 0.2) is 0 Å². The highest BCUT2D eigenvalue weighted by Crippen LogP contribution is 2.05. The van der Waals surface area contributed by atoms with Gasteiger partial charge in [-0.1, -0.05) is 6.07 Å². The second-order valence-electron chi connectivity index (χ2n) is 2.76. The molecule has 1 aromatic carbocycles. The largest absolute Gasteiger partial charge is 0.478 e. The van der Waals surface area contributed by atoms with Gasteiger partial charge in [-0.25, -0.2) is 4.79 Å². The van der Waals surface area contributed by atoms with Crippen molar-refractivity contribution in [2.75, 3.05) is 0 Å². The van der Waals surface area contributed by atoms with Crippen LogP contribution in [0.3, 0.4) is 0 Å². The zero-order chi connectivity index (χ0) is 12.0. The molecule has 1 aromatic rings. The van der Waals surface area contributed by atoms with Crippen molar-refractivity contribution in [3.63, 3.8) is 0 Å². The first-order valence-corrected chi connectivity index (χ1v) is 4.25. The summed E-state index contributed by atoms with van der Waals surface area (Å²) in [7, 11) is 0. The predicted molar refractivity (Wildman–Crippen MR) is 54.3 cm³/mol. The lowest BCUT2D eigenvalue weighted by molar-refractivity contribution is 0.0697. The zero-order valence-electron chi connectivity index (χ0n) is 8.10. The van der Waals surface area contributed by atoms with Crippen molar-refractivity contribution in [1.82, 2.24) is 5.32 Å². The SMILES string of the molecule is N#CC=[C]NC(=O)c1cccc(C(=O)O)c1. The minimum absolute atomic E-state index is 0.0249. The van der Waals surface area contributed by atoms with Gasteiger partial charge in [0.05, 0.1) is 17.8 Å². The number of carbonyl (C=O) groups is 2. The number of carbonyl (C=O) groups excluding carboxylic acids is 1. The van der Waals surface area contributed by atoms with Crippen LogP contribution in [0.5, 0.6) is 0 Å². The molecule has 0 aliphatic carbocycles. The number of nitrogens with zero attached hydrogens (tertiary/aromatic N) is 1. The second-order valence-corrected chi connectivity index (χ2v) is 2.76. The summed E-state index contributed by atoms with van der Waals surface area (Å²) in [4.78, 5) is 22.0. The molecule has 0 spiro atoms. The highest BCUT2D eigenvalue weighted by atomic mass is 16.4. The number of benzene rings is 1. The van der Waals surface area contributed by atoms with Crippen molar-refractivity contribution in [3.05, 3.63) is 47.7 Å². The molecule has 0 heterocycles. The molecule has 2 N–H and O–H groups in total. The fraction of sp³-hybridized carbons (Fsp3) is 0. The number of carboxylic acid groups (broad SMARTS) is 1. The Labute approximate surface area is 91.6 Å². The fourth-order valence-corrected chi connectivity index (χ4v) is 1.000. The van der Waals surface area contributed by atoms with Crippen molar-refractivity contribution in [2.24, 2.45) is 0 Å². The number of carboxylic acids is 1. The van der Waals surface area contributed by atoms with E-state index < -0.39 is 11.9 Å². The van der Waals surface area contributed by atoms with Crippen LogP contribution in [0.25, 0.3) is 0 Å². The lowest BCUT2D eigenvalue weighted by atomic mass is 10.1.